The van der Waals surface area contributed by atoms with Gasteiger partial charge in [0.1, 0.15) is 0 Å². The van der Waals surface area contributed by atoms with Crippen LogP contribution in [-0.2, 0) is 10.0 Å². The third-order valence-corrected chi connectivity index (χ3v) is 5.96. The topological polar surface area (TPSA) is 98.5 Å². The molecule has 0 aliphatic carbocycles. The summed E-state index contributed by atoms with van der Waals surface area (Å²) >= 11 is 0. The fourth-order valence-corrected chi connectivity index (χ4v) is 4.02. The van der Waals surface area contributed by atoms with Crippen LogP contribution in [0.1, 0.15) is 30.8 Å². The number of hydrogen-bond acceptors (Lipinski definition) is 5. The molecule has 11 heteroatoms. The Balaban J connectivity index is 0.00000420. The van der Waals surface area contributed by atoms with E-state index in [1.54, 1.807) is 17.0 Å². The minimum absolute atomic E-state index is 0. The second-order valence-electron chi connectivity index (χ2n) is 6.60. The third-order valence-electron chi connectivity index (χ3n) is 4.58. The molecule has 2 rings (SSSR count). The Hall–Kier alpha value is -1.34. The summed E-state index contributed by atoms with van der Waals surface area (Å²) in [4.78, 5) is 20.9. The van der Waals surface area contributed by atoms with Crippen LogP contribution in [0.25, 0.3) is 0 Å². The number of amides is 1. The fraction of sp³-hybridized carbons (Fsp3) is 0.667. The van der Waals surface area contributed by atoms with Gasteiger partial charge in [-0.2, -0.15) is 0 Å². The number of sulfonamides is 1. The standard InChI is InChI=1S/C18H31N5O4S.HI/c1-4-19-18(20-9-7-10-23(5-2)28(3,25)26)22-13-11-21(12-14-22)17(24)16-8-6-15-27-16;/h6,8,15H,4-5,7,9-14H2,1-3H3,(H,19,20);1H. The fourth-order valence-electron chi connectivity index (χ4n) is 3.09. The molecule has 1 saturated heterocycles. The van der Waals surface area contributed by atoms with E-state index in [-0.39, 0.29) is 29.9 Å². The van der Waals surface area contributed by atoms with Crippen molar-refractivity contribution in [1.29, 1.82) is 0 Å². The zero-order chi connectivity index (χ0) is 20.6. The Bertz CT molecular complexity index is 746. The minimum Gasteiger partial charge on any atom is -0.459 e. The van der Waals surface area contributed by atoms with Crippen LogP contribution in [-0.4, -0.2) is 93.0 Å². The molecule has 0 radical (unpaired) electrons. The lowest BCUT2D eigenvalue weighted by atomic mass is 10.3. The number of carbonyl (C=O) groups is 1. The molecule has 1 aromatic heterocycles. The Kier molecular flexibility index (Phi) is 11.0. The number of furan rings is 1. The van der Waals surface area contributed by atoms with Crippen LogP contribution in [0.15, 0.2) is 27.8 Å². The molecule has 1 aromatic rings. The number of hydrogen-bond donors (Lipinski definition) is 1. The summed E-state index contributed by atoms with van der Waals surface area (Å²) in [5.41, 5.74) is 0. The maximum Gasteiger partial charge on any atom is 0.289 e. The molecule has 0 spiro atoms. The molecule has 1 amide bonds. The normalized spacial score (nSPS) is 15.4. The van der Waals surface area contributed by atoms with E-state index in [0.29, 0.717) is 58.0 Å². The van der Waals surface area contributed by atoms with E-state index >= 15 is 0 Å². The second kappa shape index (κ2) is 12.4. The van der Waals surface area contributed by atoms with Gasteiger partial charge >= 0.3 is 0 Å². The molecule has 1 N–H and O–H groups in total. The number of carbonyl (C=O) groups excluding carboxylic acids is 1. The lowest BCUT2D eigenvalue weighted by molar-refractivity contribution is 0.0657. The van der Waals surface area contributed by atoms with Crippen LogP contribution in [0, 0.1) is 0 Å². The maximum absolute atomic E-state index is 12.4. The van der Waals surface area contributed by atoms with Gasteiger partial charge in [-0.05, 0) is 25.5 Å². The van der Waals surface area contributed by atoms with Gasteiger partial charge in [0.25, 0.3) is 5.91 Å². The minimum atomic E-state index is -3.17. The van der Waals surface area contributed by atoms with Gasteiger partial charge in [0.2, 0.25) is 10.0 Å². The van der Waals surface area contributed by atoms with Gasteiger partial charge in [-0.1, -0.05) is 6.92 Å². The lowest BCUT2D eigenvalue weighted by Crippen LogP contribution is -2.53. The van der Waals surface area contributed by atoms with Crippen molar-refractivity contribution in [2.24, 2.45) is 4.99 Å². The Morgan fingerprint density at radius 1 is 1.24 bits per heavy atom. The number of guanidine groups is 1. The first-order valence-electron chi connectivity index (χ1n) is 9.68. The molecule has 29 heavy (non-hydrogen) atoms. The second-order valence-corrected chi connectivity index (χ2v) is 8.58. The summed E-state index contributed by atoms with van der Waals surface area (Å²) in [6, 6.07) is 3.39. The molecule has 9 nitrogen and oxygen atoms in total. The summed E-state index contributed by atoms with van der Waals surface area (Å²) in [7, 11) is -3.17. The van der Waals surface area contributed by atoms with Crippen molar-refractivity contribution < 1.29 is 17.6 Å². The quantitative estimate of drug-likeness (QED) is 0.231. The summed E-state index contributed by atoms with van der Waals surface area (Å²) < 4.78 is 29.9. The third kappa shape index (κ3) is 7.78. The number of piperazine rings is 1. The van der Waals surface area contributed by atoms with Crippen LogP contribution >= 0.6 is 24.0 Å². The maximum atomic E-state index is 12.4. The lowest BCUT2D eigenvalue weighted by Gasteiger charge is -2.36. The molecule has 0 bridgehead atoms. The summed E-state index contributed by atoms with van der Waals surface area (Å²) in [6.07, 6.45) is 3.39. The predicted octanol–water partition coefficient (Wildman–Crippen LogP) is 1.29. The Morgan fingerprint density at radius 3 is 2.41 bits per heavy atom. The van der Waals surface area contributed by atoms with Crippen molar-refractivity contribution in [2.75, 3.05) is 58.6 Å². The monoisotopic (exact) mass is 541 g/mol. The van der Waals surface area contributed by atoms with Crippen LogP contribution in [0.5, 0.6) is 0 Å². The van der Waals surface area contributed by atoms with E-state index in [0.717, 1.165) is 12.5 Å². The highest BCUT2D eigenvalue weighted by Gasteiger charge is 2.25. The molecular formula is C18H32IN5O4S. The van der Waals surface area contributed by atoms with Gasteiger partial charge in [0.05, 0.1) is 12.5 Å². The number of halogens is 1. The highest BCUT2D eigenvalue weighted by atomic mass is 127. The van der Waals surface area contributed by atoms with E-state index in [1.807, 2.05) is 13.8 Å². The van der Waals surface area contributed by atoms with Crippen LogP contribution in [0.4, 0.5) is 0 Å². The zero-order valence-corrected chi connectivity index (χ0v) is 20.5. The highest BCUT2D eigenvalue weighted by molar-refractivity contribution is 14.0. The van der Waals surface area contributed by atoms with Crippen molar-refractivity contribution in [3.8, 4) is 0 Å². The first-order valence-corrected chi connectivity index (χ1v) is 11.5. The van der Waals surface area contributed by atoms with Crippen LogP contribution in [0.3, 0.4) is 0 Å². The van der Waals surface area contributed by atoms with Gasteiger partial charge < -0.3 is 19.5 Å². The highest BCUT2D eigenvalue weighted by Crippen LogP contribution is 2.10. The van der Waals surface area contributed by atoms with Crippen molar-refractivity contribution in [1.82, 2.24) is 19.4 Å². The Morgan fingerprint density at radius 2 is 1.90 bits per heavy atom. The Labute approximate surface area is 190 Å². The van der Waals surface area contributed by atoms with Crippen LogP contribution < -0.4 is 5.32 Å². The van der Waals surface area contributed by atoms with Crippen molar-refractivity contribution in [3.05, 3.63) is 24.2 Å². The molecule has 166 valence electrons. The molecule has 1 aliphatic heterocycles. The van der Waals surface area contributed by atoms with E-state index in [4.69, 9.17) is 4.42 Å². The SMILES string of the molecule is CCNC(=NCCCN(CC)S(C)(=O)=O)N1CCN(C(=O)c2ccco2)CC1.I. The largest absolute Gasteiger partial charge is 0.459 e. The molecular weight excluding hydrogens is 509 g/mol. The summed E-state index contributed by atoms with van der Waals surface area (Å²) in [6.45, 7) is 8.62. The van der Waals surface area contributed by atoms with E-state index in [1.165, 1.54) is 16.8 Å². The van der Waals surface area contributed by atoms with Gasteiger partial charge in [-0.15, -0.1) is 24.0 Å². The number of nitrogens with zero attached hydrogens (tertiary/aromatic N) is 4. The first-order chi connectivity index (χ1) is 13.4. The van der Waals surface area contributed by atoms with Gasteiger partial charge in [0, 0.05) is 52.4 Å². The average molecular weight is 541 g/mol. The van der Waals surface area contributed by atoms with Crippen molar-refractivity contribution in [3.63, 3.8) is 0 Å². The molecule has 0 aromatic carbocycles. The predicted molar refractivity (Wildman–Crippen MR) is 124 cm³/mol. The van der Waals surface area contributed by atoms with Crippen molar-refractivity contribution >= 4 is 45.9 Å². The molecule has 0 unspecified atom stereocenters. The van der Waals surface area contributed by atoms with E-state index in [9.17, 15) is 13.2 Å². The van der Waals surface area contributed by atoms with Crippen molar-refractivity contribution in [2.45, 2.75) is 20.3 Å². The van der Waals surface area contributed by atoms with Gasteiger partial charge in [-0.3, -0.25) is 9.79 Å². The molecule has 0 saturated carbocycles. The van der Waals surface area contributed by atoms with Crippen LogP contribution in [0.2, 0.25) is 0 Å². The molecule has 1 fully saturated rings. The average Bonchev–Trinajstić information content (AvgIpc) is 3.20. The van der Waals surface area contributed by atoms with E-state index < -0.39 is 10.0 Å². The van der Waals surface area contributed by atoms with E-state index in [2.05, 4.69) is 15.2 Å². The smallest absolute Gasteiger partial charge is 0.289 e. The van der Waals surface area contributed by atoms with Gasteiger partial charge in [0.15, 0.2) is 11.7 Å². The number of nitrogens with one attached hydrogen (secondary N) is 1. The zero-order valence-electron chi connectivity index (χ0n) is 17.3. The number of rotatable bonds is 8. The molecule has 2 heterocycles. The molecule has 1 aliphatic rings. The molecule has 0 atom stereocenters. The number of aliphatic imine (C=N–C) groups is 1. The van der Waals surface area contributed by atoms with Gasteiger partial charge in [-0.25, -0.2) is 12.7 Å². The summed E-state index contributed by atoms with van der Waals surface area (Å²) in [5.74, 6) is 1.07. The summed E-state index contributed by atoms with van der Waals surface area (Å²) in [5, 5.41) is 3.28. The first kappa shape index (κ1) is 25.7.